The van der Waals surface area contributed by atoms with Crippen molar-refractivity contribution in [3.8, 4) is 11.5 Å². The van der Waals surface area contributed by atoms with Gasteiger partial charge in [-0.05, 0) is 27.9 Å². The molecule has 0 unspecified atom stereocenters. The van der Waals surface area contributed by atoms with Gasteiger partial charge >= 0.3 is 0 Å². The quantitative estimate of drug-likeness (QED) is 0.839. The zero-order chi connectivity index (χ0) is 10.3. The van der Waals surface area contributed by atoms with Crippen molar-refractivity contribution >= 4 is 21.7 Å². The van der Waals surface area contributed by atoms with Crippen molar-refractivity contribution in [1.29, 1.82) is 0 Å². The molecule has 3 nitrogen and oxygen atoms in total. The summed E-state index contributed by atoms with van der Waals surface area (Å²) >= 11 is 3.37. The minimum absolute atomic E-state index is 0.000790. The minimum atomic E-state index is 0.000790. The van der Waals surface area contributed by atoms with Crippen molar-refractivity contribution < 1.29 is 14.6 Å². The van der Waals surface area contributed by atoms with Gasteiger partial charge in [0.2, 0.25) is 0 Å². The third kappa shape index (κ3) is 1.21. The average Bonchev–Trinajstić information content (AvgIpc) is 2.54. The van der Waals surface area contributed by atoms with Crippen LogP contribution in [-0.4, -0.2) is 18.0 Å². The Hall–Kier alpha value is -1.03. The first kappa shape index (κ1) is 9.52. The molecule has 74 valence electrons. The van der Waals surface area contributed by atoms with Crippen molar-refractivity contribution in [3.05, 3.63) is 21.7 Å². The Balaban J connectivity index is 2.70. The number of carbonyl (C=O) groups is 1. The highest BCUT2D eigenvalue weighted by atomic mass is 79.9. The van der Waals surface area contributed by atoms with Gasteiger partial charge in [0, 0.05) is 12.5 Å². The lowest BCUT2D eigenvalue weighted by molar-refractivity contribution is 0.0992. The van der Waals surface area contributed by atoms with E-state index in [1.165, 1.54) is 13.2 Å². The Kier molecular flexibility index (Phi) is 2.23. The van der Waals surface area contributed by atoms with E-state index in [1.54, 1.807) is 0 Å². The highest BCUT2D eigenvalue weighted by Crippen LogP contribution is 2.41. The van der Waals surface area contributed by atoms with Gasteiger partial charge in [-0.3, -0.25) is 4.79 Å². The van der Waals surface area contributed by atoms with Gasteiger partial charge in [-0.25, -0.2) is 0 Å². The van der Waals surface area contributed by atoms with Crippen LogP contribution in [0.2, 0.25) is 0 Å². The summed E-state index contributed by atoms with van der Waals surface area (Å²) in [5.74, 6) is 0.583. The summed E-state index contributed by atoms with van der Waals surface area (Å²) in [5, 5.41) is 9.62. The Bertz CT molecular complexity index is 412. The molecule has 0 radical (unpaired) electrons. The van der Waals surface area contributed by atoms with Gasteiger partial charge in [-0.2, -0.15) is 0 Å². The number of benzene rings is 1. The first-order chi connectivity index (χ1) is 6.65. The maximum Gasteiger partial charge on any atom is 0.167 e. The van der Waals surface area contributed by atoms with Crippen molar-refractivity contribution in [2.45, 2.75) is 12.8 Å². The van der Waals surface area contributed by atoms with Crippen LogP contribution in [0.4, 0.5) is 0 Å². The molecule has 0 bridgehead atoms. The normalized spacial score (nSPS) is 14.3. The molecule has 1 aliphatic rings. The number of halogens is 1. The maximum atomic E-state index is 11.4. The minimum Gasteiger partial charge on any atom is -0.507 e. The molecule has 1 N–H and O–H groups in total. The van der Waals surface area contributed by atoms with E-state index >= 15 is 0 Å². The number of phenols is 1. The zero-order valence-electron chi connectivity index (χ0n) is 7.63. The van der Waals surface area contributed by atoms with Crippen LogP contribution >= 0.6 is 15.9 Å². The van der Waals surface area contributed by atoms with Crippen LogP contribution in [0.25, 0.3) is 0 Å². The van der Waals surface area contributed by atoms with E-state index < -0.39 is 0 Å². The Morgan fingerprint density at radius 2 is 2.21 bits per heavy atom. The van der Waals surface area contributed by atoms with Gasteiger partial charge in [0.25, 0.3) is 0 Å². The molecule has 0 aromatic heterocycles. The molecule has 2 rings (SSSR count). The number of ether oxygens (including phenoxy) is 1. The van der Waals surface area contributed by atoms with Crippen molar-refractivity contribution in [1.82, 2.24) is 0 Å². The van der Waals surface area contributed by atoms with E-state index in [-0.39, 0.29) is 11.5 Å². The van der Waals surface area contributed by atoms with Crippen LogP contribution in [0.3, 0.4) is 0 Å². The number of rotatable bonds is 1. The van der Waals surface area contributed by atoms with Crippen LogP contribution in [0.5, 0.6) is 11.5 Å². The Morgan fingerprint density at radius 3 is 2.86 bits per heavy atom. The summed E-state index contributed by atoms with van der Waals surface area (Å²) in [6.07, 6.45) is 1.13. The number of aromatic hydroxyl groups is 1. The highest BCUT2D eigenvalue weighted by molar-refractivity contribution is 9.10. The fourth-order valence-corrected chi connectivity index (χ4v) is 2.40. The largest absolute Gasteiger partial charge is 0.507 e. The predicted octanol–water partition coefficient (Wildman–Crippen LogP) is 2.29. The molecule has 0 aliphatic heterocycles. The lowest BCUT2D eigenvalue weighted by Gasteiger charge is -2.09. The molecule has 0 atom stereocenters. The second-order valence-corrected chi connectivity index (χ2v) is 3.98. The van der Waals surface area contributed by atoms with E-state index in [0.29, 0.717) is 24.2 Å². The SMILES string of the molecule is COc1cc(O)c2c(c1Br)CCC2=O. The van der Waals surface area contributed by atoms with Crippen LogP contribution < -0.4 is 4.74 Å². The molecule has 14 heavy (non-hydrogen) atoms. The molecule has 0 spiro atoms. The van der Waals surface area contributed by atoms with E-state index in [2.05, 4.69) is 15.9 Å². The smallest absolute Gasteiger partial charge is 0.167 e. The second kappa shape index (κ2) is 3.28. The van der Waals surface area contributed by atoms with Crippen molar-refractivity contribution in [2.75, 3.05) is 7.11 Å². The summed E-state index contributed by atoms with van der Waals surface area (Å²) in [5.41, 5.74) is 1.30. The zero-order valence-corrected chi connectivity index (χ0v) is 9.22. The fraction of sp³-hybridized carbons (Fsp3) is 0.300. The molecular formula is C10H9BrO3. The van der Waals surface area contributed by atoms with Crippen molar-refractivity contribution in [2.24, 2.45) is 0 Å². The standard InChI is InChI=1S/C10H9BrO3/c1-14-8-4-7(13)9-5(10(8)11)2-3-6(9)12/h4,13H,2-3H2,1H3. The summed E-state index contributed by atoms with van der Waals surface area (Å²) in [6.45, 7) is 0. The van der Waals surface area contributed by atoms with Crippen LogP contribution in [-0.2, 0) is 6.42 Å². The average molecular weight is 257 g/mol. The number of phenolic OH excluding ortho intramolecular Hbond substituents is 1. The van der Waals surface area contributed by atoms with Gasteiger partial charge in [-0.1, -0.05) is 0 Å². The number of ketones is 1. The topological polar surface area (TPSA) is 46.5 Å². The van der Waals surface area contributed by atoms with Crippen LogP contribution in [0.15, 0.2) is 10.5 Å². The molecular weight excluding hydrogens is 248 g/mol. The first-order valence-corrected chi connectivity index (χ1v) is 5.06. The molecule has 0 saturated heterocycles. The number of carbonyl (C=O) groups excluding carboxylic acids is 1. The molecule has 0 amide bonds. The molecule has 1 aromatic rings. The number of fused-ring (bicyclic) bond motifs is 1. The molecule has 4 heteroatoms. The monoisotopic (exact) mass is 256 g/mol. The number of hydrogen-bond donors (Lipinski definition) is 1. The highest BCUT2D eigenvalue weighted by Gasteiger charge is 2.27. The number of Topliss-reactive ketones (excluding diaryl/α,β-unsaturated/α-hetero) is 1. The Labute approximate surface area is 89.8 Å². The number of methoxy groups -OCH3 is 1. The molecule has 1 aromatic carbocycles. The summed E-state index contributed by atoms with van der Waals surface area (Å²) in [4.78, 5) is 11.4. The van der Waals surface area contributed by atoms with Gasteiger partial charge < -0.3 is 9.84 Å². The van der Waals surface area contributed by atoms with Gasteiger partial charge in [0.05, 0.1) is 17.1 Å². The fourth-order valence-electron chi connectivity index (χ4n) is 1.73. The van der Waals surface area contributed by atoms with E-state index in [4.69, 9.17) is 4.74 Å². The summed E-state index contributed by atoms with van der Waals surface area (Å²) < 4.78 is 5.84. The molecule has 0 saturated carbocycles. The van der Waals surface area contributed by atoms with Gasteiger partial charge in [-0.15, -0.1) is 0 Å². The second-order valence-electron chi connectivity index (χ2n) is 3.19. The van der Waals surface area contributed by atoms with Crippen molar-refractivity contribution in [3.63, 3.8) is 0 Å². The number of hydrogen-bond acceptors (Lipinski definition) is 3. The van der Waals surface area contributed by atoms with E-state index in [0.717, 1.165) is 10.0 Å². The first-order valence-electron chi connectivity index (χ1n) is 4.26. The molecule has 0 fully saturated rings. The molecule has 1 aliphatic carbocycles. The van der Waals surface area contributed by atoms with Gasteiger partial charge in [0.1, 0.15) is 11.5 Å². The van der Waals surface area contributed by atoms with Crippen LogP contribution in [0, 0.1) is 0 Å². The Morgan fingerprint density at radius 1 is 1.50 bits per heavy atom. The third-order valence-electron chi connectivity index (χ3n) is 2.41. The summed E-state index contributed by atoms with van der Waals surface area (Å²) in [6, 6.07) is 1.46. The molecule has 0 heterocycles. The lowest BCUT2D eigenvalue weighted by atomic mass is 10.1. The van der Waals surface area contributed by atoms with E-state index in [9.17, 15) is 9.90 Å². The maximum absolute atomic E-state index is 11.4. The van der Waals surface area contributed by atoms with Crippen LogP contribution in [0.1, 0.15) is 22.3 Å². The predicted molar refractivity (Wildman–Crippen MR) is 55.0 cm³/mol. The third-order valence-corrected chi connectivity index (χ3v) is 3.28. The van der Waals surface area contributed by atoms with Gasteiger partial charge in [0.15, 0.2) is 5.78 Å². The lowest BCUT2D eigenvalue weighted by Crippen LogP contribution is -1.95. The van der Waals surface area contributed by atoms with E-state index in [1.807, 2.05) is 0 Å². The summed E-state index contributed by atoms with van der Waals surface area (Å²) in [7, 11) is 1.53.